The standard InChI is InChI=1S/C36H73N2O6P/c1-3-5-7-9-11-13-14-15-16-17-18-19-20-22-23-25-27-29-35(39)34(33-44-45(41,42)43-32-31-37)38-36(40)30-28-26-24-21-12-10-8-6-4-2/h27,29,34-35,39H,3-26,28,30-33,37H2,1-2H3,(H,38,40)(H,41,42)/b29-27+/t34-,35+/m0/s1. The van der Waals surface area contributed by atoms with Crippen LogP contribution in [0.25, 0.3) is 0 Å². The van der Waals surface area contributed by atoms with Crippen LogP contribution in [0.4, 0.5) is 0 Å². The number of hydrogen-bond acceptors (Lipinski definition) is 6. The third-order valence-electron chi connectivity index (χ3n) is 8.36. The Balaban J connectivity index is 4.26. The van der Waals surface area contributed by atoms with Crippen molar-refractivity contribution in [3.63, 3.8) is 0 Å². The maximum atomic E-state index is 12.6. The third-order valence-corrected chi connectivity index (χ3v) is 9.35. The van der Waals surface area contributed by atoms with E-state index in [1.807, 2.05) is 6.08 Å². The summed E-state index contributed by atoms with van der Waals surface area (Å²) in [5.41, 5.74) is 5.35. The van der Waals surface area contributed by atoms with E-state index in [-0.39, 0.29) is 25.7 Å². The summed E-state index contributed by atoms with van der Waals surface area (Å²) in [5, 5.41) is 13.6. The number of amides is 1. The van der Waals surface area contributed by atoms with E-state index in [9.17, 15) is 19.4 Å². The fraction of sp³-hybridized carbons (Fsp3) is 0.917. The number of aliphatic hydroxyl groups is 1. The molecule has 0 rings (SSSR count). The van der Waals surface area contributed by atoms with Crippen LogP contribution in [0.15, 0.2) is 12.2 Å². The quantitative estimate of drug-likeness (QED) is 0.0302. The van der Waals surface area contributed by atoms with Gasteiger partial charge in [0.05, 0.1) is 25.4 Å². The molecule has 0 saturated heterocycles. The van der Waals surface area contributed by atoms with Crippen molar-refractivity contribution in [3.8, 4) is 0 Å². The van der Waals surface area contributed by atoms with Crippen molar-refractivity contribution in [1.29, 1.82) is 0 Å². The Morgan fingerprint density at radius 1 is 0.711 bits per heavy atom. The number of phosphoric ester groups is 1. The minimum atomic E-state index is -4.32. The monoisotopic (exact) mass is 661 g/mol. The molecule has 0 aromatic heterocycles. The Morgan fingerprint density at radius 2 is 1.13 bits per heavy atom. The van der Waals surface area contributed by atoms with Crippen molar-refractivity contribution in [1.82, 2.24) is 5.32 Å². The summed E-state index contributed by atoms with van der Waals surface area (Å²) in [4.78, 5) is 22.5. The summed E-state index contributed by atoms with van der Waals surface area (Å²) in [6, 6.07) is -0.852. The highest BCUT2D eigenvalue weighted by Gasteiger charge is 2.26. The van der Waals surface area contributed by atoms with Crippen LogP contribution in [0, 0.1) is 0 Å². The molecule has 1 unspecified atom stereocenters. The summed E-state index contributed by atoms with van der Waals surface area (Å²) in [7, 11) is -4.32. The lowest BCUT2D eigenvalue weighted by Crippen LogP contribution is -2.45. The van der Waals surface area contributed by atoms with Crippen molar-refractivity contribution in [2.45, 2.75) is 193 Å². The number of aliphatic hydroxyl groups excluding tert-OH is 1. The summed E-state index contributed by atoms with van der Waals surface area (Å²) in [6.45, 7) is 4.11. The lowest BCUT2D eigenvalue weighted by atomic mass is 10.0. The summed E-state index contributed by atoms with van der Waals surface area (Å²) >= 11 is 0. The Labute approximate surface area is 277 Å². The lowest BCUT2D eigenvalue weighted by Gasteiger charge is -2.23. The van der Waals surface area contributed by atoms with Gasteiger partial charge in [-0.25, -0.2) is 4.57 Å². The zero-order valence-electron chi connectivity index (χ0n) is 29.4. The molecule has 0 aliphatic rings. The largest absolute Gasteiger partial charge is 0.472 e. The molecule has 0 saturated carbocycles. The molecule has 0 radical (unpaired) electrons. The second kappa shape index (κ2) is 33.2. The van der Waals surface area contributed by atoms with Crippen molar-refractivity contribution in [2.75, 3.05) is 19.8 Å². The van der Waals surface area contributed by atoms with E-state index in [2.05, 4.69) is 19.2 Å². The van der Waals surface area contributed by atoms with Crippen LogP contribution in [-0.4, -0.2) is 47.8 Å². The van der Waals surface area contributed by atoms with E-state index in [1.165, 1.54) is 122 Å². The van der Waals surface area contributed by atoms with Crippen molar-refractivity contribution in [2.24, 2.45) is 5.73 Å². The maximum Gasteiger partial charge on any atom is 0.472 e. The number of carbonyl (C=O) groups is 1. The molecule has 3 atom stereocenters. The molecule has 0 aliphatic heterocycles. The summed E-state index contributed by atoms with van der Waals surface area (Å²) < 4.78 is 22.0. The third kappa shape index (κ3) is 31.6. The highest BCUT2D eigenvalue weighted by molar-refractivity contribution is 7.47. The number of nitrogens with two attached hydrogens (primary N) is 1. The lowest BCUT2D eigenvalue weighted by molar-refractivity contribution is -0.123. The van der Waals surface area contributed by atoms with Crippen molar-refractivity contribution < 1.29 is 28.4 Å². The first-order valence-electron chi connectivity index (χ1n) is 18.8. The average molecular weight is 661 g/mol. The van der Waals surface area contributed by atoms with E-state index >= 15 is 0 Å². The summed E-state index contributed by atoms with van der Waals surface area (Å²) in [6.07, 6.45) is 34.0. The van der Waals surface area contributed by atoms with Gasteiger partial charge in [-0.2, -0.15) is 0 Å². The van der Waals surface area contributed by atoms with Gasteiger partial charge in [-0.3, -0.25) is 13.8 Å². The average Bonchev–Trinajstić information content (AvgIpc) is 3.02. The van der Waals surface area contributed by atoms with Crippen LogP contribution >= 0.6 is 7.82 Å². The normalized spacial score (nSPS) is 14.5. The highest BCUT2D eigenvalue weighted by atomic mass is 31.2. The predicted molar refractivity (Wildman–Crippen MR) is 189 cm³/mol. The second-order valence-corrected chi connectivity index (χ2v) is 14.2. The van der Waals surface area contributed by atoms with Crippen molar-refractivity contribution in [3.05, 3.63) is 12.2 Å². The minimum Gasteiger partial charge on any atom is -0.387 e. The van der Waals surface area contributed by atoms with Gasteiger partial charge in [0, 0.05) is 13.0 Å². The molecule has 0 heterocycles. The first-order valence-corrected chi connectivity index (χ1v) is 20.3. The van der Waals surface area contributed by atoms with E-state index in [0.717, 1.165) is 38.5 Å². The topological polar surface area (TPSA) is 131 Å². The van der Waals surface area contributed by atoms with E-state index in [4.69, 9.17) is 14.8 Å². The number of allylic oxidation sites excluding steroid dienone is 1. The molecule has 268 valence electrons. The van der Waals surface area contributed by atoms with Gasteiger partial charge in [0.25, 0.3) is 0 Å². The van der Waals surface area contributed by atoms with Gasteiger partial charge < -0.3 is 21.1 Å². The number of phosphoric acid groups is 1. The number of carbonyl (C=O) groups excluding carboxylic acids is 1. The van der Waals surface area contributed by atoms with Crippen LogP contribution < -0.4 is 11.1 Å². The van der Waals surface area contributed by atoms with Gasteiger partial charge in [-0.1, -0.05) is 167 Å². The first-order chi connectivity index (χ1) is 21.9. The number of rotatable bonds is 35. The van der Waals surface area contributed by atoms with Gasteiger partial charge >= 0.3 is 7.82 Å². The van der Waals surface area contributed by atoms with Crippen LogP contribution in [0.2, 0.25) is 0 Å². The number of hydrogen-bond donors (Lipinski definition) is 4. The number of unbranched alkanes of at least 4 members (excludes halogenated alkanes) is 23. The molecule has 0 fully saturated rings. The van der Waals surface area contributed by atoms with Crippen LogP contribution in [0.5, 0.6) is 0 Å². The smallest absolute Gasteiger partial charge is 0.387 e. The maximum absolute atomic E-state index is 12.6. The molecule has 0 bridgehead atoms. The molecular weight excluding hydrogens is 587 g/mol. The molecule has 5 N–H and O–H groups in total. The van der Waals surface area contributed by atoms with E-state index in [0.29, 0.717) is 6.42 Å². The summed E-state index contributed by atoms with van der Waals surface area (Å²) in [5.74, 6) is -0.197. The molecule has 45 heavy (non-hydrogen) atoms. The Morgan fingerprint density at radius 3 is 1.58 bits per heavy atom. The highest BCUT2D eigenvalue weighted by Crippen LogP contribution is 2.43. The number of nitrogens with one attached hydrogen (secondary N) is 1. The molecule has 0 aromatic rings. The Hall–Kier alpha value is -0.760. The first kappa shape index (κ1) is 44.2. The minimum absolute atomic E-state index is 0.0808. The fourth-order valence-corrected chi connectivity index (χ4v) is 6.24. The Bertz CT molecular complexity index is 724. The van der Waals surface area contributed by atoms with Crippen LogP contribution in [0.1, 0.15) is 181 Å². The molecule has 8 nitrogen and oxygen atoms in total. The molecule has 9 heteroatoms. The van der Waals surface area contributed by atoms with Gasteiger partial charge in [-0.05, 0) is 19.3 Å². The molecule has 1 amide bonds. The second-order valence-electron chi connectivity index (χ2n) is 12.8. The van der Waals surface area contributed by atoms with Gasteiger partial charge in [-0.15, -0.1) is 0 Å². The van der Waals surface area contributed by atoms with Gasteiger partial charge in [0.2, 0.25) is 5.91 Å². The zero-order chi connectivity index (χ0) is 33.3. The molecule has 0 spiro atoms. The predicted octanol–water partition coefficient (Wildman–Crippen LogP) is 9.66. The molecule has 0 aromatic carbocycles. The van der Waals surface area contributed by atoms with Gasteiger partial charge in [0.1, 0.15) is 0 Å². The Kier molecular flexibility index (Phi) is 32.6. The van der Waals surface area contributed by atoms with E-state index < -0.39 is 20.0 Å². The van der Waals surface area contributed by atoms with Gasteiger partial charge in [0.15, 0.2) is 0 Å². The van der Waals surface area contributed by atoms with Crippen LogP contribution in [-0.2, 0) is 18.4 Å². The SMILES string of the molecule is CCCCCCCCCCCCCCCCC/C=C/[C@@H](O)[C@H](COP(=O)(O)OCCN)NC(=O)CCCCCCCCCCC. The van der Waals surface area contributed by atoms with Crippen molar-refractivity contribution >= 4 is 13.7 Å². The molecule has 0 aliphatic carbocycles. The zero-order valence-corrected chi connectivity index (χ0v) is 30.3. The fourth-order valence-electron chi connectivity index (χ4n) is 5.48. The van der Waals surface area contributed by atoms with Crippen LogP contribution in [0.3, 0.4) is 0 Å². The molecular formula is C36H73N2O6P. The van der Waals surface area contributed by atoms with E-state index in [1.54, 1.807) is 6.08 Å².